The van der Waals surface area contributed by atoms with Gasteiger partial charge in [-0.3, -0.25) is 4.98 Å². The quantitative estimate of drug-likeness (QED) is 0.711. The molecule has 2 aromatic heterocycles. The molecule has 0 amide bonds. The van der Waals surface area contributed by atoms with Gasteiger partial charge < -0.3 is 9.47 Å². The van der Waals surface area contributed by atoms with Gasteiger partial charge in [-0.05, 0) is 32.0 Å². The first-order valence-electron chi connectivity index (χ1n) is 6.83. The summed E-state index contributed by atoms with van der Waals surface area (Å²) in [6, 6.07) is 8.78. The molecule has 3 nitrogen and oxygen atoms in total. The molecular formula is C16H19N3. The average Bonchev–Trinajstić information content (AvgIpc) is 2.74. The topological polar surface area (TPSA) is 21.1 Å². The molecule has 0 saturated carbocycles. The number of anilines is 1. The second-order valence-corrected chi connectivity index (χ2v) is 4.83. The lowest BCUT2D eigenvalue weighted by Crippen LogP contribution is -2.21. The van der Waals surface area contributed by atoms with E-state index in [0.29, 0.717) is 0 Å². The van der Waals surface area contributed by atoms with Gasteiger partial charge in [0, 0.05) is 49.0 Å². The molecule has 0 N–H and O–H groups in total. The highest BCUT2D eigenvalue weighted by Crippen LogP contribution is 2.30. The average molecular weight is 253 g/mol. The van der Waals surface area contributed by atoms with Gasteiger partial charge in [-0.25, -0.2) is 0 Å². The van der Waals surface area contributed by atoms with Gasteiger partial charge in [0.1, 0.15) is 0 Å². The van der Waals surface area contributed by atoms with Crippen molar-refractivity contribution in [1.29, 1.82) is 0 Å². The zero-order valence-corrected chi connectivity index (χ0v) is 11.7. The maximum Gasteiger partial charge on any atom is 0.0519 e. The van der Waals surface area contributed by atoms with Crippen LogP contribution in [0.4, 0.5) is 5.69 Å². The molecule has 3 heteroatoms. The lowest BCUT2D eigenvalue weighted by Gasteiger charge is -2.21. The number of rotatable bonds is 3. The molecule has 1 aromatic carbocycles. The zero-order valence-electron chi connectivity index (χ0n) is 11.7. The van der Waals surface area contributed by atoms with Crippen LogP contribution in [0.3, 0.4) is 0 Å². The van der Waals surface area contributed by atoms with E-state index in [2.05, 4.69) is 59.6 Å². The summed E-state index contributed by atoms with van der Waals surface area (Å²) in [5.41, 5.74) is 3.80. The Hall–Kier alpha value is -2.03. The molecule has 0 unspecified atom stereocenters. The first-order chi connectivity index (χ1) is 9.26. The Morgan fingerprint density at radius 2 is 1.84 bits per heavy atom. The van der Waals surface area contributed by atoms with Gasteiger partial charge >= 0.3 is 0 Å². The smallest absolute Gasteiger partial charge is 0.0519 e. The lowest BCUT2D eigenvalue weighted by molar-refractivity contribution is 0.866. The van der Waals surface area contributed by atoms with E-state index in [1.165, 1.54) is 27.5 Å². The molecule has 0 spiro atoms. The summed E-state index contributed by atoms with van der Waals surface area (Å²) in [4.78, 5) is 6.61. The van der Waals surface area contributed by atoms with Gasteiger partial charge in [-0.15, -0.1) is 0 Å². The molecular weight excluding hydrogens is 234 g/mol. The van der Waals surface area contributed by atoms with Crippen molar-refractivity contribution in [2.45, 2.75) is 13.8 Å². The molecule has 0 atom stereocenters. The number of aromatic nitrogens is 2. The predicted octanol–water partition coefficient (Wildman–Crippen LogP) is 3.57. The highest BCUT2D eigenvalue weighted by molar-refractivity contribution is 6.08. The third-order valence-corrected chi connectivity index (χ3v) is 3.92. The van der Waals surface area contributed by atoms with Crippen LogP contribution in [0.25, 0.3) is 21.8 Å². The van der Waals surface area contributed by atoms with Gasteiger partial charge in [0.15, 0.2) is 0 Å². The van der Waals surface area contributed by atoms with Crippen molar-refractivity contribution < 1.29 is 0 Å². The molecule has 0 fully saturated rings. The van der Waals surface area contributed by atoms with E-state index in [0.717, 1.165) is 13.1 Å². The summed E-state index contributed by atoms with van der Waals surface area (Å²) in [6.45, 7) is 6.46. The lowest BCUT2D eigenvalue weighted by atomic mass is 10.1. The van der Waals surface area contributed by atoms with E-state index in [1.807, 2.05) is 12.4 Å². The highest BCUT2D eigenvalue weighted by atomic mass is 15.1. The van der Waals surface area contributed by atoms with E-state index in [1.54, 1.807) is 0 Å². The molecule has 3 aromatic rings. The second kappa shape index (κ2) is 4.57. The number of fused-ring (bicyclic) bond motifs is 3. The molecule has 0 bridgehead atoms. The number of nitrogens with zero attached hydrogens (tertiary/aromatic N) is 3. The Morgan fingerprint density at radius 1 is 1.05 bits per heavy atom. The minimum atomic E-state index is 1.04. The van der Waals surface area contributed by atoms with Crippen LogP contribution >= 0.6 is 0 Å². The van der Waals surface area contributed by atoms with Gasteiger partial charge in [0.05, 0.1) is 11.0 Å². The van der Waals surface area contributed by atoms with E-state index < -0.39 is 0 Å². The van der Waals surface area contributed by atoms with Crippen molar-refractivity contribution in [2.75, 3.05) is 18.0 Å². The summed E-state index contributed by atoms with van der Waals surface area (Å²) >= 11 is 0. The fraction of sp³-hybridized carbons (Fsp3) is 0.312. The third kappa shape index (κ3) is 1.77. The SMILES string of the molecule is CCN(CC)c1ccc2c3cnccc3n(C)c2c1. The molecule has 98 valence electrons. The van der Waals surface area contributed by atoms with Crippen molar-refractivity contribution in [2.24, 2.45) is 7.05 Å². The van der Waals surface area contributed by atoms with Crippen LogP contribution in [-0.4, -0.2) is 22.6 Å². The van der Waals surface area contributed by atoms with Crippen LogP contribution in [0.5, 0.6) is 0 Å². The van der Waals surface area contributed by atoms with Crippen molar-refractivity contribution >= 4 is 27.5 Å². The van der Waals surface area contributed by atoms with Crippen LogP contribution < -0.4 is 4.90 Å². The Kier molecular flexibility index (Phi) is 2.90. The maximum atomic E-state index is 4.24. The number of aryl methyl sites for hydroxylation is 1. The summed E-state index contributed by atoms with van der Waals surface area (Å²) in [5.74, 6) is 0. The summed E-state index contributed by atoms with van der Waals surface area (Å²) in [6.07, 6.45) is 3.81. The second-order valence-electron chi connectivity index (χ2n) is 4.83. The van der Waals surface area contributed by atoms with E-state index >= 15 is 0 Å². The number of hydrogen-bond acceptors (Lipinski definition) is 2. The largest absolute Gasteiger partial charge is 0.372 e. The monoisotopic (exact) mass is 253 g/mol. The first-order valence-corrected chi connectivity index (χ1v) is 6.83. The Labute approximate surface area is 113 Å². The van der Waals surface area contributed by atoms with Crippen molar-refractivity contribution in [1.82, 2.24) is 9.55 Å². The van der Waals surface area contributed by atoms with Crippen molar-refractivity contribution in [3.8, 4) is 0 Å². The molecule has 19 heavy (non-hydrogen) atoms. The van der Waals surface area contributed by atoms with Crippen LogP contribution in [0.2, 0.25) is 0 Å². The third-order valence-electron chi connectivity index (χ3n) is 3.92. The van der Waals surface area contributed by atoms with Crippen LogP contribution in [0.1, 0.15) is 13.8 Å². The molecule has 2 heterocycles. The standard InChI is InChI=1S/C16H19N3/c1-4-19(5-2)12-6-7-13-14-11-17-9-8-15(14)18(3)16(13)10-12/h6-11H,4-5H2,1-3H3. The van der Waals surface area contributed by atoms with Gasteiger partial charge in [0.25, 0.3) is 0 Å². The van der Waals surface area contributed by atoms with Crippen LogP contribution in [0, 0.1) is 0 Å². The summed E-state index contributed by atoms with van der Waals surface area (Å²) < 4.78 is 2.25. The Bertz CT molecular complexity index is 723. The summed E-state index contributed by atoms with van der Waals surface area (Å²) in [5, 5.41) is 2.51. The molecule has 0 aliphatic heterocycles. The maximum absolute atomic E-state index is 4.24. The number of hydrogen-bond donors (Lipinski definition) is 0. The molecule has 0 aliphatic rings. The highest BCUT2D eigenvalue weighted by Gasteiger charge is 2.10. The number of pyridine rings is 1. The zero-order chi connectivity index (χ0) is 13.4. The minimum Gasteiger partial charge on any atom is -0.372 e. The number of benzene rings is 1. The van der Waals surface area contributed by atoms with E-state index in [9.17, 15) is 0 Å². The van der Waals surface area contributed by atoms with E-state index in [4.69, 9.17) is 0 Å². The Morgan fingerprint density at radius 3 is 2.58 bits per heavy atom. The van der Waals surface area contributed by atoms with Gasteiger partial charge in [-0.1, -0.05) is 6.07 Å². The predicted molar refractivity (Wildman–Crippen MR) is 81.8 cm³/mol. The fourth-order valence-electron chi connectivity index (χ4n) is 2.83. The molecule has 3 rings (SSSR count). The van der Waals surface area contributed by atoms with Gasteiger partial charge in [-0.2, -0.15) is 0 Å². The summed E-state index contributed by atoms with van der Waals surface area (Å²) in [7, 11) is 2.12. The molecule has 0 saturated heterocycles. The van der Waals surface area contributed by atoms with Crippen LogP contribution in [0.15, 0.2) is 36.7 Å². The molecule has 0 radical (unpaired) electrons. The normalized spacial score (nSPS) is 11.3. The van der Waals surface area contributed by atoms with Crippen LogP contribution in [-0.2, 0) is 7.05 Å². The van der Waals surface area contributed by atoms with E-state index in [-0.39, 0.29) is 0 Å². The van der Waals surface area contributed by atoms with Crippen molar-refractivity contribution in [3.05, 3.63) is 36.7 Å². The first kappa shape index (κ1) is 12.0. The van der Waals surface area contributed by atoms with Crippen molar-refractivity contribution in [3.63, 3.8) is 0 Å². The minimum absolute atomic E-state index is 1.04. The van der Waals surface area contributed by atoms with Gasteiger partial charge in [0.2, 0.25) is 0 Å². The molecule has 0 aliphatic carbocycles. The Balaban J connectivity index is 2.29. The fourth-order valence-corrected chi connectivity index (χ4v) is 2.83.